The van der Waals surface area contributed by atoms with E-state index in [1.165, 1.54) is 0 Å². The van der Waals surface area contributed by atoms with Crippen LogP contribution in [0.3, 0.4) is 0 Å². The number of nitrogens with two attached hydrogens (primary N) is 1. The fraction of sp³-hybridized carbons (Fsp3) is 0.273. The molecule has 84 valence electrons. The van der Waals surface area contributed by atoms with E-state index in [-0.39, 0.29) is 17.2 Å². The lowest BCUT2D eigenvalue weighted by Crippen LogP contribution is -2.11. The molecule has 0 heterocycles. The van der Waals surface area contributed by atoms with Crippen molar-refractivity contribution in [2.45, 2.75) is 12.8 Å². The topological polar surface area (TPSA) is 89.6 Å². The number of carboxylic acid groups (broad SMARTS) is 1. The van der Waals surface area contributed by atoms with Crippen LogP contribution in [0.15, 0.2) is 12.1 Å². The number of rotatable bonds is 3. The van der Waals surface area contributed by atoms with Crippen LogP contribution in [-0.2, 0) is 11.2 Å². The number of anilines is 1. The number of benzene rings is 1. The molecule has 0 saturated carbocycles. The average molecular weight is 221 g/mol. The zero-order chi connectivity index (χ0) is 11.7. The normalized spacial score (nSPS) is 13.6. The van der Waals surface area contributed by atoms with Crippen LogP contribution in [0.2, 0.25) is 0 Å². The first kappa shape index (κ1) is 10.5. The van der Waals surface area contributed by atoms with Gasteiger partial charge in [-0.15, -0.1) is 0 Å². The van der Waals surface area contributed by atoms with Gasteiger partial charge in [0.05, 0.1) is 5.69 Å². The molecule has 0 unspecified atom stereocenters. The first-order chi connectivity index (χ1) is 7.59. The summed E-state index contributed by atoms with van der Waals surface area (Å²) in [6.45, 7) is -0.461. The summed E-state index contributed by atoms with van der Waals surface area (Å²) in [6, 6.07) is 3.36. The highest BCUT2D eigenvalue weighted by atomic mass is 16.5. The molecule has 0 aliphatic heterocycles. The van der Waals surface area contributed by atoms with Gasteiger partial charge in [-0.05, 0) is 18.1 Å². The van der Waals surface area contributed by atoms with Crippen molar-refractivity contribution in [1.29, 1.82) is 0 Å². The number of carbonyl (C=O) groups excluding carboxylic acids is 1. The Labute approximate surface area is 91.8 Å². The average Bonchev–Trinajstić information content (AvgIpc) is 2.60. The Kier molecular flexibility index (Phi) is 2.52. The Balaban J connectivity index is 2.32. The number of carboxylic acids is 1. The summed E-state index contributed by atoms with van der Waals surface area (Å²) in [4.78, 5) is 21.9. The first-order valence-corrected chi connectivity index (χ1v) is 4.88. The summed E-state index contributed by atoms with van der Waals surface area (Å²) < 4.78 is 5.00. The van der Waals surface area contributed by atoms with Crippen LogP contribution in [0.4, 0.5) is 5.69 Å². The van der Waals surface area contributed by atoms with Crippen LogP contribution < -0.4 is 10.5 Å². The number of ketones is 1. The highest BCUT2D eigenvalue weighted by molar-refractivity contribution is 6.05. The quantitative estimate of drug-likeness (QED) is 0.739. The molecule has 0 saturated heterocycles. The van der Waals surface area contributed by atoms with Crippen molar-refractivity contribution in [3.8, 4) is 5.75 Å². The van der Waals surface area contributed by atoms with Crippen LogP contribution >= 0.6 is 0 Å². The number of hydrogen-bond acceptors (Lipinski definition) is 4. The van der Waals surface area contributed by atoms with Crippen LogP contribution in [0.1, 0.15) is 22.3 Å². The van der Waals surface area contributed by atoms with E-state index < -0.39 is 12.6 Å². The standard InChI is InChI=1S/C11H11NO4/c12-11-8(16-5-9(14)15)4-2-6-1-3-7(13)10(6)11/h2,4H,1,3,5,12H2,(H,14,15). The Morgan fingerprint density at radius 2 is 2.19 bits per heavy atom. The van der Waals surface area contributed by atoms with Gasteiger partial charge in [-0.3, -0.25) is 4.79 Å². The van der Waals surface area contributed by atoms with Gasteiger partial charge < -0.3 is 15.6 Å². The van der Waals surface area contributed by atoms with E-state index in [0.717, 1.165) is 5.56 Å². The molecule has 0 bridgehead atoms. The Morgan fingerprint density at radius 3 is 2.88 bits per heavy atom. The molecule has 5 nitrogen and oxygen atoms in total. The summed E-state index contributed by atoms with van der Waals surface area (Å²) in [6.07, 6.45) is 1.15. The molecular formula is C11H11NO4. The lowest BCUT2D eigenvalue weighted by atomic mass is 10.1. The number of aliphatic carboxylic acids is 1. The second-order valence-electron chi connectivity index (χ2n) is 3.62. The minimum atomic E-state index is -1.08. The first-order valence-electron chi connectivity index (χ1n) is 4.88. The third kappa shape index (κ3) is 1.71. The van der Waals surface area contributed by atoms with Gasteiger partial charge in [0.2, 0.25) is 0 Å². The van der Waals surface area contributed by atoms with Crippen molar-refractivity contribution in [3.05, 3.63) is 23.3 Å². The number of hydrogen-bond donors (Lipinski definition) is 2. The smallest absolute Gasteiger partial charge is 0.341 e. The molecule has 0 aromatic heterocycles. The fourth-order valence-corrected chi connectivity index (χ4v) is 1.82. The van der Waals surface area contributed by atoms with E-state index in [0.29, 0.717) is 18.4 Å². The third-order valence-electron chi connectivity index (χ3n) is 2.54. The zero-order valence-electron chi connectivity index (χ0n) is 8.53. The molecule has 0 radical (unpaired) electrons. The molecule has 1 aromatic carbocycles. The van der Waals surface area contributed by atoms with Gasteiger partial charge in [0.15, 0.2) is 12.4 Å². The number of fused-ring (bicyclic) bond motifs is 1. The van der Waals surface area contributed by atoms with Gasteiger partial charge in [0.25, 0.3) is 0 Å². The van der Waals surface area contributed by atoms with E-state index in [2.05, 4.69) is 0 Å². The minimum Gasteiger partial charge on any atom is -0.480 e. The largest absolute Gasteiger partial charge is 0.480 e. The van der Waals surface area contributed by atoms with Gasteiger partial charge in [0.1, 0.15) is 5.75 Å². The van der Waals surface area contributed by atoms with Crippen molar-refractivity contribution in [2.75, 3.05) is 12.3 Å². The van der Waals surface area contributed by atoms with Gasteiger partial charge >= 0.3 is 5.97 Å². The molecule has 0 spiro atoms. The van der Waals surface area contributed by atoms with Crippen molar-refractivity contribution in [1.82, 2.24) is 0 Å². The molecule has 1 aromatic rings. The molecule has 1 aliphatic rings. The van der Waals surface area contributed by atoms with Gasteiger partial charge in [-0.2, -0.15) is 0 Å². The van der Waals surface area contributed by atoms with E-state index in [1.807, 2.05) is 0 Å². The minimum absolute atomic E-state index is 0.00623. The van der Waals surface area contributed by atoms with E-state index in [1.54, 1.807) is 12.1 Å². The second-order valence-corrected chi connectivity index (χ2v) is 3.62. The molecule has 16 heavy (non-hydrogen) atoms. The van der Waals surface area contributed by atoms with Crippen molar-refractivity contribution in [3.63, 3.8) is 0 Å². The monoisotopic (exact) mass is 221 g/mol. The highest BCUT2D eigenvalue weighted by Gasteiger charge is 2.24. The number of nitrogen functional groups attached to an aromatic ring is 1. The maximum atomic E-state index is 11.5. The Hall–Kier alpha value is -2.04. The SMILES string of the molecule is Nc1c(OCC(=O)O)ccc2c1C(=O)CC2. The summed E-state index contributed by atoms with van der Waals surface area (Å²) >= 11 is 0. The molecule has 0 amide bonds. The van der Waals surface area contributed by atoms with Crippen molar-refractivity contribution < 1.29 is 19.4 Å². The summed E-state index contributed by atoms with van der Waals surface area (Å²) in [5, 5.41) is 8.48. The van der Waals surface area contributed by atoms with Gasteiger partial charge in [-0.1, -0.05) is 6.07 Å². The highest BCUT2D eigenvalue weighted by Crippen LogP contribution is 2.33. The number of ether oxygens (including phenoxy) is 1. The fourth-order valence-electron chi connectivity index (χ4n) is 1.82. The molecule has 0 atom stereocenters. The molecular weight excluding hydrogens is 210 g/mol. The Bertz CT molecular complexity index is 467. The number of carbonyl (C=O) groups is 2. The molecule has 2 rings (SSSR count). The zero-order valence-corrected chi connectivity index (χ0v) is 8.53. The van der Waals surface area contributed by atoms with Gasteiger partial charge in [-0.25, -0.2) is 4.79 Å². The van der Waals surface area contributed by atoms with Crippen molar-refractivity contribution >= 4 is 17.4 Å². The van der Waals surface area contributed by atoms with Gasteiger partial charge in [0, 0.05) is 12.0 Å². The summed E-state index contributed by atoms with van der Waals surface area (Å²) in [7, 11) is 0. The summed E-state index contributed by atoms with van der Waals surface area (Å²) in [5.41, 5.74) is 7.42. The third-order valence-corrected chi connectivity index (χ3v) is 2.54. The lowest BCUT2D eigenvalue weighted by Gasteiger charge is -2.09. The predicted octanol–water partition coefficient (Wildman–Crippen LogP) is 0.861. The maximum Gasteiger partial charge on any atom is 0.341 e. The molecule has 5 heteroatoms. The second kappa shape index (κ2) is 3.84. The maximum absolute atomic E-state index is 11.5. The molecule has 1 aliphatic carbocycles. The van der Waals surface area contributed by atoms with E-state index in [4.69, 9.17) is 15.6 Å². The Morgan fingerprint density at radius 1 is 1.44 bits per heavy atom. The molecule has 0 fully saturated rings. The van der Waals surface area contributed by atoms with E-state index >= 15 is 0 Å². The summed E-state index contributed by atoms with van der Waals surface area (Å²) in [5.74, 6) is -0.823. The van der Waals surface area contributed by atoms with Crippen molar-refractivity contribution in [2.24, 2.45) is 0 Å². The number of Topliss-reactive ketones (excluding diaryl/α,β-unsaturated/α-hetero) is 1. The number of aryl methyl sites for hydroxylation is 1. The molecule has 3 N–H and O–H groups in total. The van der Waals surface area contributed by atoms with Crippen LogP contribution in [0.5, 0.6) is 5.75 Å². The van der Waals surface area contributed by atoms with E-state index in [9.17, 15) is 9.59 Å². The van der Waals surface area contributed by atoms with Crippen LogP contribution in [0, 0.1) is 0 Å². The van der Waals surface area contributed by atoms with Crippen LogP contribution in [-0.4, -0.2) is 23.5 Å². The van der Waals surface area contributed by atoms with Crippen LogP contribution in [0.25, 0.3) is 0 Å². The predicted molar refractivity (Wildman–Crippen MR) is 56.6 cm³/mol. The lowest BCUT2D eigenvalue weighted by molar-refractivity contribution is -0.139.